The average molecular weight is 136 g/mol. The molecule has 1 fully saturated rings. The predicted octanol–water partition coefficient (Wildman–Crippen LogP) is 3.15. The number of hydrogen-bond acceptors (Lipinski definition) is 0. The van der Waals surface area contributed by atoms with E-state index < -0.39 is 0 Å². The van der Waals surface area contributed by atoms with Gasteiger partial charge in [-0.2, -0.15) is 0 Å². The van der Waals surface area contributed by atoms with Crippen LogP contribution in [0.3, 0.4) is 0 Å². The smallest absolute Gasteiger partial charge is 0.0216 e. The van der Waals surface area contributed by atoms with Gasteiger partial charge in [0.15, 0.2) is 0 Å². The van der Waals surface area contributed by atoms with Gasteiger partial charge in [0.2, 0.25) is 0 Å². The van der Waals surface area contributed by atoms with Crippen LogP contribution in [-0.2, 0) is 0 Å². The molecule has 2 unspecified atom stereocenters. The number of allylic oxidation sites excluding steroid dienone is 1. The van der Waals surface area contributed by atoms with Crippen LogP contribution in [0.1, 0.15) is 33.1 Å². The number of rotatable bonds is 2. The molecule has 0 aliphatic heterocycles. The summed E-state index contributed by atoms with van der Waals surface area (Å²) in [6, 6.07) is 0. The third-order valence-electron chi connectivity index (χ3n) is 2.67. The summed E-state index contributed by atoms with van der Waals surface area (Å²) in [6.07, 6.45) is 4.07. The van der Waals surface area contributed by atoms with E-state index in [1.807, 2.05) is 0 Å². The maximum atomic E-state index is 3.64. The molecule has 0 spiro atoms. The molecule has 10 heavy (non-hydrogen) atoms. The third-order valence-corrected chi connectivity index (χ3v) is 2.67. The van der Waals surface area contributed by atoms with Crippen molar-refractivity contribution in [2.45, 2.75) is 33.1 Å². The maximum absolute atomic E-state index is 3.64. The summed E-state index contributed by atoms with van der Waals surface area (Å²) in [5, 5.41) is 0. The molecule has 0 amide bonds. The lowest BCUT2D eigenvalue weighted by Crippen LogP contribution is -2.22. The van der Waals surface area contributed by atoms with Crippen molar-refractivity contribution in [1.82, 2.24) is 0 Å². The van der Waals surface area contributed by atoms with E-state index in [-0.39, 0.29) is 0 Å². The summed E-state index contributed by atoms with van der Waals surface area (Å²) in [4.78, 5) is 0. The van der Waals surface area contributed by atoms with Gasteiger partial charge in [-0.15, -0.1) is 5.73 Å². The van der Waals surface area contributed by atoms with Gasteiger partial charge in [0, 0.05) is 0 Å². The molecule has 0 aromatic heterocycles. The Morgan fingerprint density at radius 3 is 2.60 bits per heavy atom. The SMILES string of the molecule is C=C=C(C)CC1CCC1C. The summed E-state index contributed by atoms with van der Waals surface area (Å²) in [6.45, 7) is 8.10. The molecule has 0 heterocycles. The Kier molecular flexibility index (Phi) is 2.34. The van der Waals surface area contributed by atoms with Crippen molar-refractivity contribution in [3.05, 3.63) is 17.9 Å². The van der Waals surface area contributed by atoms with E-state index in [0.717, 1.165) is 11.8 Å². The molecule has 1 saturated carbocycles. The molecule has 0 radical (unpaired) electrons. The van der Waals surface area contributed by atoms with E-state index in [4.69, 9.17) is 0 Å². The van der Waals surface area contributed by atoms with E-state index >= 15 is 0 Å². The van der Waals surface area contributed by atoms with Gasteiger partial charge in [0.05, 0.1) is 0 Å². The van der Waals surface area contributed by atoms with Crippen molar-refractivity contribution >= 4 is 0 Å². The lowest BCUT2D eigenvalue weighted by atomic mass is 9.72. The highest BCUT2D eigenvalue weighted by Gasteiger charge is 2.26. The first-order valence-corrected chi connectivity index (χ1v) is 4.09. The maximum Gasteiger partial charge on any atom is -0.0216 e. The first-order chi connectivity index (χ1) is 4.74. The second-order valence-electron chi connectivity index (χ2n) is 3.48. The van der Waals surface area contributed by atoms with Crippen molar-refractivity contribution in [2.24, 2.45) is 11.8 Å². The molecule has 0 saturated heterocycles. The molecule has 1 aliphatic rings. The van der Waals surface area contributed by atoms with Crippen molar-refractivity contribution in [1.29, 1.82) is 0 Å². The standard InChI is InChI=1S/C10H16/c1-4-8(2)7-10-6-5-9(10)3/h9-10H,1,5-7H2,2-3H3. The van der Waals surface area contributed by atoms with Crippen LogP contribution in [0.4, 0.5) is 0 Å². The lowest BCUT2D eigenvalue weighted by molar-refractivity contribution is 0.196. The van der Waals surface area contributed by atoms with Crippen molar-refractivity contribution in [2.75, 3.05) is 0 Å². The van der Waals surface area contributed by atoms with Gasteiger partial charge in [-0.25, -0.2) is 0 Å². The van der Waals surface area contributed by atoms with Crippen molar-refractivity contribution < 1.29 is 0 Å². The fraction of sp³-hybridized carbons (Fsp3) is 0.700. The minimum atomic E-state index is 0.939. The summed E-state index contributed by atoms with van der Waals surface area (Å²) < 4.78 is 0. The van der Waals surface area contributed by atoms with E-state index in [1.165, 1.54) is 24.8 Å². The Labute approximate surface area is 63.6 Å². The Morgan fingerprint density at radius 2 is 2.30 bits per heavy atom. The molecule has 0 N–H and O–H groups in total. The average Bonchev–Trinajstić information content (AvgIpc) is 1.96. The van der Waals surface area contributed by atoms with Gasteiger partial charge in [-0.3, -0.25) is 0 Å². The van der Waals surface area contributed by atoms with Gasteiger partial charge in [0.25, 0.3) is 0 Å². The number of hydrogen-bond donors (Lipinski definition) is 0. The van der Waals surface area contributed by atoms with Crippen LogP contribution in [-0.4, -0.2) is 0 Å². The predicted molar refractivity (Wildman–Crippen MR) is 44.8 cm³/mol. The molecule has 0 aromatic rings. The molecular weight excluding hydrogens is 120 g/mol. The lowest BCUT2D eigenvalue weighted by Gasteiger charge is -2.33. The molecule has 0 bridgehead atoms. The molecule has 1 aliphatic carbocycles. The van der Waals surface area contributed by atoms with Gasteiger partial charge in [0.1, 0.15) is 0 Å². The second-order valence-corrected chi connectivity index (χ2v) is 3.48. The zero-order valence-corrected chi connectivity index (χ0v) is 6.98. The Bertz CT molecular complexity index is 161. The largest absolute Gasteiger partial charge is 0.130 e. The van der Waals surface area contributed by atoms with Crippen molar-refractivity contribution in [3.8, 4) is 0 Å². The fourth-order valence-corrected chi connectivity index (χ4v) is 1.50. The van der Waals surface area contributed by atoms with Crippen LogP contribution in [0.25, 0.3) is 0 Å². The van der Waals surface area contributed by atoms with E-state index in [9.17, 15) is 0 Å². The molecule has 0 nitrogen and oxygen atoms in total. The minimum absolute atomic E-state index is 0.939. The van der Waals surface area contributed by atoms with Gasteiger partial charge in [-0.1, -0.05) is 19.9 Å². The highest BCUT2D eigenvalue weighted by atomic mass is 14.3. The molecule has 0 aromatic carbocycles. The highest BCUT2D eigenvalue weighted by molar-refractivity contribution is 4.98. The summed E-state index contributed by atoms with van der Waals surface area (Å²) in [7, 11) is 0. The molecular formula is C10H16. The van der Waals surface area contributed by atoms with Crippen LogP contribution in [0.2, 0.25) is 0 Å². The molecule has 2 atom stereocenters. The van der Waals surface area contributed by atoms with Crippen LogP contribution in [0.15, 0.2) is 17.9 Å². The summed E-state index contributed by atoms with van der Waals surface area (Å²) in [5.41, 5.74) is 4.28. The van der Waals surface area contributed by atoms with Gasteiger partial charge in [-0.05, 0) is 37.2 Å². The van der Waals surface area contributed by atoms with Crippen LogP contribution >= 0.6 is 0 Å². The first kappa shape index (κ1) is 7.63. The summed E-state index contributed by atoms with van der Waals surface area (Å²) >= 11 is 0. The monoisotopic (exact) mass is 136 g/mol. The minimum Gasteiger partial charge on any atom is -0.130 e. The fourth-order valence-electron chi connectivity index (χ4n) is 1.50. The van der Waals surface area contributed by atoms with Crippen molar-refractivity contribution in [3.63, 3.8) is 0 Å². The Balaban J connectivity index is 2.32. The topological polar surface area (TPSA) is 0 Å². The van der Waals surface area contributed by atoms with Crippen LogP contribution in [0, 0.1) is 11.8 Å². The first-order valence-electron chi connectivity index (χ1n) is 4.09. The van der Waals surface area contributed by atoms with E-state index in [2.05, 4.69) is 26.2 Å². The Hall–Kier alpha value is -0.480. The van der Waals surface area contributed by atoms with Gasteiger partial charge >= 0.3 is 0 Å². The Morgan fingerprint density at radius 1 is 1.60 bits per heavy atom. The van der Waals surface area contributed by atoms with Crippen LogP contribution < -0.4 is 0 Å². The zero-order chi connectivity index (χ0) is 7.56. The molecule has 0 heteroatoms. The van der Waals surface area contributed by atoms with E-state index in [1.54, 1.807) is 0 Å². The van der Waals surface area contributed by atoms with E-state index in [0.29, 0.717) is 0 Å². The second kappa shape index (κ2) is 3.07. The normalized spacial score (nSPS) is 30.6. The summed E-state index contributed by atoms with van der Waals surface area (Å²) in [5.74, 6) is 1.89. The highest BCUT2D eigenvalue weighted by Crippen LogP contribution is 2.37. The molecule has 1 rings (SSSR count). The molecule has 56 valence electrons. The third kappa shape index (κ3) is 1.52. The quantitative estimate of drug-likeness (QED) is 0.511. The van der Waals surface area contributed by atoms with Crippen LogP contribution in [0.5, 0.6) is 0 Å². The zero-order valence-electron chi connectivity index (χ0n) is 6.98. The van der Waals surface area contributed by atoms with Gasteiger partial charge < -0.3 is 0 Å².